The van der Waals surface area contributed by atoms with E-state index in [4.69, 9.17) is 4.52 Å². The molecular weight excluding hydrogens is 513 g/mol. The smallest absolute Gasteiger partial charge is 0.251 e. The third-order valence-electron chi connectivity index (χ3n) is 8.71. The number of hydrogen-bond acceptors (Lipinski definition) is 7. The van der Waals surface area contributed by atoms with Crippen molar-refractivity contribution < 1.29 is 13.7 Å². The quantitative estimate of drug-likeness (QED) is 0.408. The van der Waals surface area contributed by atoms with E-state index in [0.717, 1.165) is 55.5 Å². The Hall–Kier alpha value is -3.46. The van der Waals surface area contributed by atoms with Crippen molar-refractivity contribution in [3.8, 4) is 0 Å². The largest absolute Gasteiger partial charge is 0.387 e. The first-order valence-corrected chi connectivity index (χ1v) is 14.6. The first-order valence-electron chi connectivity index (χ1n) is 13.8. The molecule has 1 saturated carbocycles. The summed E-state index contributed by atoms with van der Waals surface area (Å²) < 4.78 is 21.4. The molecule has 1 aromatic carbocycles. The van der Waals surface area contributed by atoms with Crippen molar-refractivity contribution in [1.29, 1.82) is 0 Å². The van der Waals surface area contributed by atoms with E-state index in [1.165, 1.54) is 58.1 Å². The topological polar surface area (TPSA) is 83.3 Å². The maximum Gasteiger partial charge on any atom is 0.251 e. The van der Waals surface area contributed by atoms with Crippen LogP contribution in [0.5, 0.6) is 0 Å². The Kier molecular flexibility index (Phi) is 5.70. The molecule has 0 bridgehead atoms. The zero-order chi connectivity index (χ0) is 26.9. The van der Waals surface area contributed by atoms with E-state index in [9.17, 15) is 9.18 Å². The summed E-state index contributed by atoms with van der Waals surface area (Å²) in [6.07, 6.45) is 10.0. The molecular formula is C30H32FN5O2S. The van der Waals surface area contributed by atoms with Gasteiger partial charge in [0.1, 0.15) is 17.0 Å². The lowest BCUT2D eigenvalue weighted by Crippen LogP contribution is -2.42. The van der Waals surface area contributed by atoms with Crippen LogP contribution >= 0.6 is 11.3 Å². The molecule has 0 atom stereocenters. The van der Waals surface area contributed by atoms with E-state index >= 15 is 0 Å². The summed E-state index contributed by atoms with van der Waals surface area (Å²) in [6, 6.07) is 3.00. The number of allylic oxidation sites excluding steroid dienone is 4. The Morgan fingerprint density at radius 3 is 2.72 bits per heavy atom. The van der Waals surface area contributed by atoms with Crippen LogP contribution in [0.25, 0.3) is 21.4 Å². The molecule has 0 radical (unpaired) electrons. The molecule has 3 aromatic rings. The Morgan fingerprint density at radius 1 is 1.26 bits per heavy atom. The monoisotopic (exact) mass is 545 g/mol. The maximum atomic E-state index is 14.7. The van der Waals surface area contributed by atoms with Crippen LogP contribution < -0.4 is 15.5 Å². The Bertz CT molecular complexity index is 1600. The second-order valence-corrected chi connectivity index (χ2v) is 12.5. The number of nitrogens with one attached hydrogen (secondary N) is 2. The molecule has 7 nitrogen and oxygen atoms in total. The molecule has 4 heterocycles. The van der Waals surface area contributed by atoms with Gasteiger partial charge in [-0.3, -0.25) is 4.79 Å². The van der Waals surface area contributed by atoms with Gasteiger partial charge >= 0.3 is 0 Å². The zero-order valence-electron chi connectivity index (χ0n) is 22.5. The number of anilines is 1. The van der Waals surface area contributed by atoms with Gasteiger partial charge in [-0.25, -0.2) is 9.37 Å². The van der Waals surface area contributed by atoms with E-state index < -0.39 is 5.82 Å². The summed E-state index contributed by atoms with van der Waals surface area (Å²) in [5.74, 6) is 0.823. The molecule has 1 spiro atoms. The fraction of sp³-hybridized carbons (Fsp3) is 0.433. The molecule has 9 heteroatoms. The molecule has 2 N–H and O–H groups in total. The summed E-state index contributed by atoms with van der Waals surface area (Å²) in [4.78, 5) is 18.9. The number of thiazole rings is 1. The number of rotatable bonds is 5. The van der Waals surface area contributed by atoms with Gasteiger partial charge in [-0.05, 0) is 80.2 Å². The lowest BCUT2D eigenvalue weighted by atomic mass is 9.63. The fourth-order valence-corrected chi connectivity index (χ4v) is 7.45. The van der Waals surface area contributed by atoms with E-state index in [0.29, 0.717) is 21.7 Å². The molecule has 0 unspecified atom stereocenters. The number of carbonyl (C=O) groups is 1. The molecule has 39 heavy (non-hydrogen) atoms. The van der Waals surface area contributed by atoms with Gasteiger partial charge in [-0.1, -0.05) is 22.6 Å². The van der Waals surface area contributed by atoms with Crippen molar-refractivity contribution in [2.24, 2.45) is 5.41 Å². The molecule has 2 aliphatic heterocycles. The number of dihydropyridines is 1. The average Bonchev–Trinajstić information content (AvgIpc) is 3.52. The summed E-state index contributed by atoms with van der Waals surface area (Å²) in [6.45, 7) is 6.89. The van der Waals surface area contributed by atoms with Crippen molar-refractivity contribution in [3.63, 3.8) is 0 Å². The number of carbonyl (C=O) groups excluding carboxylic acids is 1. The van der Waals surface area contributed by atoms with Crippen molar-refractivity contribution in [2.75, 3.05) is 31.6 Å². The second-order valence-electron chi connectivity index (χ2n) is 11.5. The van der Waals surface area contributed by atoms with E-state index in [1.54, 1.807) is 13.1 Å². The third-order valence-corrected chi connectivity index (χ3v) is 9.77. The van der Waals surface area contributed by atoms with E-state index in [-0.39, 0.29) is 11.3 Å². The number of benzene rings is 1. The summed E-state index contributed by atoms with van der Waals surface area (Å²) >= 11 is 1.46. The van der Waals surface area contributed by atoms with Gasteiger partial charge in [-0.2, -0.15) is 0 Å². The maximum absolute atomic E-state index is 14.7. The Morgan fingerprint density at radius 2 is 2.03 bits per heavy atom. The van der Waals surface area contributed by atoms with E-state index in [2.05, 4.69) is 51.8 Å². The zero-order valence-corrected chi connectivity index (χ0v) is 23.3. The van der Waals surface area contributed by atoms with Crippen molar-refractivity contribution in [1.82, 2.24) is 20.8 Å². The van der Waals surface area contributed by atoms with Gasteiger partial charge in [0, 0.05) is 55.5 Å². The normalized spacial score (nSPS) is 20.6. The number of fused-ring (bicyclic) bond motifs is 1. The number of aromatic nitrogens is 2. The lowest BCUT2D eigenvalue weighted by Gasteiger charge is -2.46. The van der Waals surface area contributed by atoms with Crippen LogP contribution in [-0.4, -0.2) is 42.7 Å². The van der Waals surface area contributed by atoms with Crippen LogP contribution in [0.3, 0.4) is 0 Å². The molecule has 2 aromatic heterocycles. The fourth-order valence-electron chi connectivity index (χ4n) is 6.38. The minimum Gasteiger partial charge on any atom is -0.387 e. The molecule has 4 aliphatic rings. The van der Waals surface area contributed by atoms with Crippen LogP contribution in [0.2, 0.25) is 0 Å². The van der Waals surface area contributed by atoms with Gasteiger partial charge in [0.2, 0.25) is 0 Å². The molecule has 1 amide bonds. The highest BCUT2D eigenvalue weighted by Crippen LogP contribution is 2.55. The Balaban J connectivity index is 1.13. The Labute approximate surface area is 230 Å². The minimum atomic E-state index is -0.450. The first kappa shape index (κ1) is 24.6. The minimum absolute atomic E-state index is 0.179. The van der Waals surface area contributed by atoms with Crippen LogP contribution in [0.15, 0.2) is 40.1 Å². The lowest BCUT2D eigenvalue weighted by molar-refractivity contribution is 0.0963. The standard InChI is InChI=1S/C30H32FN5O2S/c1-16-14-33-15-17(2)23(16)26-24(27(38-35-26)18-4-5-18)20-12-30(13-20)6-8-36(9-7-30)29-34-25-21(31)10-19(28(37)32-3)11-22(25)39-29/h10-12,14,18,33H,4-9,13,15H2,1-3H3,(H,32,37). The van der Waals surface area contributed by atoms with Crippen LogP contribution in [-0.2, 0) is 0 Å². The number of amides is 1. The summed E-state index contributed by atoms with van der Waals surface area (Å²) in [5, 5.41) is 11.4. The highest BCUT2D eigenvalue weighted by atomic mass is 32.1. The van der Waals surface area contributed by atoms with Gasteiger partial charge in [0.15, 0.2) is 10.9 Å². The summed E-state index contributed by atoms with van der Waals surface area (Å²) in [7, 11) is 1.55. The summed E-state index contributed by atoms with van der Waals surface area (Å²) in [5.41, 5.74) is 8.18. The van der Waals surface area contributed by atoms with Gasteiger partial charge < -0.3 is 20.1 Å². The van der Waals surface area contributed by atoms with Crippen molar-refractivity contribution >= 4 is 43.7 Å². The first-order chi connectivity index (χ1) is 18.9. The SMILES string of the molecule is CNC(=O)c1cc(F)c2nc(N3CCC4(C=C(c5c(C6=C(C)CNC=C6C)noc5C5CC5)C4)CC3)sc2c1. The number of nitrogens with zero attached hydrogens (tertiary/aromatic N) is 3. The van der Waals surface area contributed by atoms with Crippen LogP contribution in [0, 0.1) is 11.2 Å². The van der Waals surface area contributed by atoms with Gasteiger partial charge in [0.25, 0.3) is 5.91 Å². The second kappa shape index (κ2) is 9.05. The average molecular weight is 546 g/mol. The number of piperidine rings is 1. The van der Waals surface area contributed by atoms with Gasteiger partial charge in [0.05, 0.1) is 4.70 Å². The molecule has 2 aliphatic carbocycles. The van der Waals surface area contributed by atoms with E-state index in [1.807, 2.05) is 0 Å². The van der Waals surface area contributed by atoms with Gasteiger partial charge in [-0.15, -0.1) is 0 Å². The third kappa shape index (κ3) is 4.09. The van der Waals surface area contributed by atoms with Crippen molar-refractivity contribution in [2.45, 2.75) is 51.9 Å². The predicted molar refractivity (Wildman–Crippen MR) is 152 cm³/mol. The molecule has 202 valence electrons. The highest BCUT2D eigenvalue weighted by Gasteiger charge is 2.44. The van der Waals surface area contributed by atoms with Crippen molar-refractivity contribution in [3.05, 3.63) is 64.0 Å². The van der Waals surface area contributed by atoms with Crippen LogP contribution in [0.4, 0.5) is 9.52 Å². The molecule has 7 rings (SSSR count). The number of halogens is 1. The number of hydrogen-bond donors (Lipinski definition) is 2. The van der Waals surface area contributed by atoms with Crippen LogP contribution in [0.1, 0.15) is 79.2 Å². The molecule has 1 saturated heterocycles. The highest BCUT2D eigenvalue weighted by molar-refractivity contribution is 7.22. The molecule has 2 fully saturated rings. The predicted octanol–water partition coefficient (Wildman–Crippen LogP) is 6.01.